The molecule has 13 rings (SSSR count). The van der Waals surface area contributed by atoms with Gasteiger partial charge in [-0.2, -0.15) is 0 Å². The molecule has 71 heavy (non-hydrogen) atoms. The summed E-state index contributed by atoms with van der Waals surface area (Å²) in [5.74, 6) is 3.08. The fraction of sp³-hybridized carbons (Fsp3) is 0.169. The number of imidazole rings is 1. The molecule has 0 spiro atoms. The van der Waals surface area contributed by atoms with Crippen LogP contribution in [0.5, 0.6) is 11.5 Å². The molecule has 11 aromatic rings. The quantitative estimate of drug-likeness (QED) is 0.152. The molecule has 0 radical (unpaired) electrons. The summed E-state index contributed by atoms with van der Waals surface area (Å²) in [5.41, 5.74) is 19.6. The molecule has 3 aromatic heterocycles. The molecule has 350 valence electrons. The topological polar surface area (TPSA) is 36.9 Å². The normalized spacial score (nSPS) is 13.8. The Morgan fingerprint density at radius 3 is 2.04 bits per heavy atom. The molecule has 1 fully saturated rings. The van der Waals surface area contributed by atoms with E-state index in [9.17, 15) is 0 Å². The molecule has 0 atom stereocenters. The summed E-state index contributed by atoms with van der Waals surface area (Å²) in [5, 5.41) is 2.47. The predicted molar refractivity (Wildman–Crippen MR) is 288 cm³/mol. The number of benzene rings is 8. The van der Waals surface area contributed by atoms with Gasteiger partial charge in [-0.3, -0.25) is 0 Å². The Labute approximate surface area is 426 Å². The molecule has 8 aromatic carbocycles. The minimum atomic E-state index is -0.0197. The van der Waals surface area contributed by atoms with Gasteiger partial charge in [0.05, 0.1) is 0 Å². The van der Waals surface area contributed by atoms with E-state index in [1.165, 1.54) is 110 Å². The van der Waals surface area contributed by atoms with Crippen molar-refractivity contribution >= 4 is 32.8 Å². The number of pyridine rings is 1. The van der Waals surface area contributed by atoms with E-state index in [0.717, 1.165) is 49.8 Å². The molecular weight excluding hydrogens is 1050 g/mol. The first-order chi connectivity index (χ1) is 34.8. The average molecular weight is 1100 g/mol. The Balaban J connectivity index is 0.960. The number of rotatable bonds is 8. The third kappa shape index (κ3) is 7.56. The van der Waals surface area contributed by atoms with Crippen molar-refractivity contribution in [1.82, 2.24) is 18.7 Å². The van der Waals surface area contributed by atoms with E-state index in [0.29, 0.717) is 5.92 Å². The minimum absolute atomic E-state index is 0.0197. The molecule has 2 aliphatic rings. The Kier molecular flexibility index (Phi) is 10.8. The summed E-state index contributed by atoms with van der Waals surface area (Å²) in [4.78, 5) is 5.01. The molecule has 0 aliphatic heterocycles. The number of hydrogen-bond donors (Lipinski definition) is 0. The Hall–Kier alpha value is -7.33. The van der Waals surface area contributed by atoms with E-state index in [4.69, 9.17) is 9.72 Å². The van der Waals surface area contributed by atoms with Crippen LogP contribution >= 0.6 is 0 Å². The molecule has 0 N–H and O–H groups in total. The fourth-order valence-corrected chi connectivity index (χ4v) is 12.8. The second-order valence-corrected chi connectivity index (χ2v) is 21.5. The summed E-state index contributed by atoms with van der Waals surface area (Å²) >= 11 is 2.56. The van der Waals surface area contributed by atoms with Crippen molar-refractivity contribution in [3.05, 3.63) is 220 Å². The summed E-state index contributed by atoms with van der Waals surface area (Å²) in [7, 11) is 0. The maximum absolute atomic E-state index is 6.95. The first-order valence-corrected chi connectivity index (χ1v) is 26.3. The van der Waals surface area contributed by atoms with Crippen LogP contribution in [0.15, 0.2) is 194 Å². The number of fused-ring (bicyclic) bond motifs is 7. The van der Waals surface area contributed by atoms with Crippen molar-refractivity contribution in [2.24, 2.45) is 0 Å². The van der Waals surface area contributed by atoms with Crippen molar-refractivity contribution in [3.63, 3.8) is 0 Å². The van der Waals surface area contributed by atoms with Crippen LogP contribution in [-0.2, 0) is 31.2 Å². The van der Waals surface area contributed by atoms with Crippen molar-refractivity contribution in [2.75, 3.05) is 0 Å². The second kappa shape index (κ2) is 17.5. The molecule has 0 bridgehead atoms. The Morgan fingerprint density at radius 1 is 0.535 bits per heavy atom. The van der Waals surface area contributed by atoms with Crippen LogP contribution in [0, 0.1) is 3.80 Å². The number of ether oxygens (including phenoxy) is 1. The van der Waals surface area contributed by atoms with Gasteiger partial charge in [-0.05, 0) is 41.4 Å². The van der Waals surface area contributed by atoms with E-state index in [1.807, 2.05) is 6.20 Å². The van der Waals surface area contributed by atoms with Gasteiger partial charge in [0.25, 0.3) is 0 Å². The number of nitrogens with zero attached hydrogens (tertiary/aromatic N) is 4. The zero-order chi connectivity index (χ0) is 47.8. The SMILES string of the molecule is CC(C)(C)c1ccnc(-n2c3ccc(C4CCCCC4)cc3c3ccc(Oc4cccc(-n5[c](=[Pt])n(-c6c(-c7ccccc7)cc7c(c6-c6ccccc6)Cc6ccccc6-7)c6ccccc65)c4)cc32)c1. The summed E-state index contributed by atoms with van der Waals surface area (Å²) in [6.07, 6.45) is 9.33. The fourth-order valence-electron chi connectivity index (χ4n) is 11.7. The van der Waals surface area contributed by atoms with Crippen LogP contribution in [0.2, 0.25) is 0 Å². The van der Waals surface area contributed by atoms with E-state index >= 15 is 0 Å². The molecule has 3 heterocycles. The summed E-state index contributed by atoms with van der Waals surface area (Å²) in [6, 6.07) is 68.8. The standard InChI is InChI=1S/C65H54N4O.Pt/c1-65(2,3)48-34-35-66-62(38-48)69-58-33-30-46(43-18-7-4-8-19-43)36-56(58)53-32-31-51(40-61(53)69)70-50-26-17-25-49(39-50)67-42-68(60-29-16-15-28-59(60)67)64-54(44-20-9-5-10-21-44)41-55-52-27-14-13-24-47(52)37-57(55)63(64)45-22-11-6-12-23-45;/h5-6,9-17,20-36,38-41,43H,4,7-8,18-19,37H2,1-3H3;. The molecule has 6 heteroatoms. The predicted octanol–water partition coefficient (Wildman–Crippen LogP) is 17.0. The van der Waals surface area contributed by atoms with Gasteiger partial charge in [0, 0.05) is 6.20 Å². The van der Waals surface area contributed by atoms with E-state index < -0.39 is 0 Å². The van der Waals surface area contributed by atoms with Crippen LogP contribution < -0.4 is 4.74 Å². The van der Waals surface area contributed by atoms with Crippen molar-refractivity contribution in [3.8, 4) is 62.1 Å². The molecular formula is C65H54N4OPt. The van der Waals surface area contributed by atoms with Crippen molar-refractivity contribution < 1.29 is 24.1 Å². The first kappa shape index (κ1) is 43.7. The van der Waals surface area contributed by atoms with Crippen LogP contribution in [0.25, 0.3) is 83.4 Å². The van der Waals surface area contributed by atoms with E-state index in [1.54, 1.807) is 0 Å². The van der Waals surface area contributed by atoms with Crippen molar-refractivity contribution in [2.45, 2.75) is 70.6 Å². The molecule has 0 unspecified atom stereocenters. The van der Waals surface area contributed by atoms with Gasteiger partial charge >= 0.3 is 335 Å². The van der Waals surface area contributed by atoms with Gasteiger partial charge in [-0.25, -0.2) is 0 Å². The zero-order valence-electron chi connectivity index (χ0n) is 40.3. The molecule has 0 saturated heterocycles. The Bertz CT molecular complexity index is 3920. The van der Waals surface area contributed by atoms with Crippen LogP contribution in [0.1, 0.15) is 81.0 Å². The van der Waals surface area contributed by atoms with Gasteiger partial charge in [-0.1, -0.05) is 46.1 Å². The number of para-hydroxylation sites is 2. The first-order valence-electron chi connectivity index (χ1n) is 25.2. The van der Waals surface area contributed by atoms with Gasteiger partial charge in [0.15, 0.2) is 0 Å². The monoisotopic (exact) mass is 1100 g/mol. The number of hydrogen-bond acceptors (Lipinski definition) is 2. The van der Waals surface area contributed by atoms with E-state index in [2.05, 4.69) is 242 Å². The third-order valence-electron chi connectivity index (χ3n) is 15.1. The van der Waals surface area contributed by atoms with Gasteiger partial charge in [0.2, 0.25) is 0 Å². The summed E-state index contributed by atoms with van der Waals surface area (Å²) in [6.45, 7) is 6.80. The van der Waals surface area contributed by atoms with E-state index in [-0.39, 0.29) is 5.41 Å². The number of aromatic nitrogens is 4. The van der Waals surface area contributed by atoms with Crippen molar-refractivity contribution in [1.29, 1.82) is 0 Å². The van der Waals surface area contributed by atoms with Crippen LogP contribution in [0.4, 0.5) is 0 Å². The van der Waals surface area contributed by atoms with Gasteiger partial charge < -0.3 is 0 Å². The molecule has 0 amide bonds. The maximum atomic E-state index is 6.95. The van der Waals surface area contributed by atoms with Gasteiger partial charge in [0.1, 0.15) is 0 Å². The molecule has 5 nitrogen and oxygen atoms in total. The molecule has 2 aliphatic carbocycles. The van der Waals surface area contributed by atoms with Crippen LogP contribution in [-0.4, -0.2) is 18.7 Å². The Morgan fingerprint density at radius 2 is 1.25 bits per heavy atom. The molecule has 1 saturated carbocycles. The summed E-state index contributed by atoms with van der Waals surface area (Å²) < 4.78 is 15.2. The third-order valence-corrected chi connectivity index (χ3v) is 16.2. The average Bonchev–Trinajstić information content (AvgIpc) is 4.04. The van der Waals surface area contributed by atoms with Gasteiger partial charge in [-0.15, -0.1) is 0 Å². The second-order valence-electron chi connectivity index (χ2n) is 20.5. The van der Waals surface area contributed by atoms with Crippen LogP contribution in [0.3, 0.4) is 0 Å². The zero-order valence-corrected chi connectivity index (χ0v) is 42.6.